The number of rotatable bonds is 3. The molecule has 0 aliphatic carbocycles. The predicted molar refractivity (Wildman–Crippen MR) is 79.3 cm³/mol. The molecule has 1 fully saturated rings. The lowest BCUT2D eigenvalue weighted by Crippen LogP contribution is -2.22. The number of para-hydroxylation sites is 1. The maximum Gasteiger partial charge on any atom is 0.267 e. The number of H-pyrrole nitrogens is 1. The summed E-state index contributed by atoms with van der Waals surface area (Å²) in [5.41, 5.74) is 1.18. The smallest absolute Gasteiger partial charge is 0.267 e. The summed E-state index contributed by atoms with van der Waals surface area (Å²) in [5.74, 6) is 0.802. The fourth-order valence-corrected chi connectivity index (χ4v) is 4.37. The number of aromatic amines is 1. The van der Waals surface area contributed by atoms with Crippen molar-refractivity contribution in [3.8, 4) is 17.0 Å². The quantitative estimate of drug-likeness (QED) is 0.924. The van der Waals surface area contributed by atoms with Crippen molar-refractivity contribution in [3.05, 3.63) is 40.7 Å². The van der Waals surface area contributed by atoms with Gasteiger partial charge >= 0.3 is 0 Å². The van der Waals surface area contributed by atoms with E-state index in [-0.39, 0.29) is 23.1 Å². The Labute approximate surface area is 122 Å². The molecule has 0 radical (unpaired) electrons. The molecule has 1 aliphatic heterocycles. The largest absolute Gasteiger partial charge is 0.496 e. The summed E-state index contributed by atoms with van der Waals surface area (Å²) < 4.78 is 29.8. The number of benzene rings is 1. The second kappa shape index (κ2) is 5.07. The first-order valence-corrected chi connectivity index (χ1v) is 8.48. The molecule has 1 aliphatic rings. The van der Waals surface area contributed by atoms with E-state index < -0.39 is 9.84 Å². The molecule has 6 nitrogen and oxygen atoms in total. The minimum absolute atomic E-state index is 0.0127. The Balaban J connectivity index is 2.01. The minimum atomic E-state index is -3.03. The van der Waals surface area contributed by atoms with Crippen LogP contribution in [0.15, 0.2) is 35.1 Å². The third-order valence-corrected chi connectivity index (χ3v) is 5.47. The molecule has 2 aromatic rings. The van der Waals surface area contributed by atoms with Crippen LogP contribution >= 0.6 is 0 Å². The SMILES string of the molecule is COc1ccccc1-c1cc(=O)n([C@@H]2CCS(=O)(=O)C2)[nH]1. The molecule has 21 heavy (non-hydrogen) atoms. The molecule has 0 unspecified atom stereocenters. The van der Waals surface area contributed by atoms with Crippen molar-refractivity contribution >= 4 is 9.84 Å². The summed E-state index contributed by atoms with van der Waals surface area (Å²) in [6.45, 7) is 0. The first-order valence-electron chi connectivity index (χ1n) is 6.65. The fraction of sp³-hybridized carbons (Fsp3) is 0.357. The van der Waals surface area contributed by atoms with Gasteiger partial charge in [0.15, 0.2) is 9.84 Å². The number of nitrogens with zero attached hydrogens (tertiary/aromatic N) is 1. The van der Waals surface area contributed by atoms with Gasteiger partial charge in [0.1, 0.15) is 5.75 Å². The second-order valence-corrected chi connectivity index (χ2v) is 7.36. The zero-order valence-corrected chi connectivity index (χ0v) is 12.4. The summed E-state index contributed by atoms with van der Waals surface area (Å²) in [6, 6.07) is 8.52. The van der Waals surface area contributed by atoms with Crippen molar-refractivity contribution in [1.82, 2.24) is 9.78 Å². The van der Waals surface area contributed by atoms with Crippen LogP contribution in [0.25, 0.3) is 11.3 Å². The van der Waals surface area contributed by atoms with Gasteiger partial charge in [-0.25, -0.2) is 13.1 Å². The monoisotopic (exact) mass is 308 g/mol. The van der Waals surface area contributed by atoms with Crippen LogP contribution in [-0.4, -0.2) is 36.8 Å². The molecule has 2 heterocycles. The van der Waals surface area contributed by atoms with Crippen molar-refractivity contribution in [3.63, 3.8) is 0 Å². The zero-order valence-electron chi connectivity index (χ0n) is 11.6. The Morgan fingerprint density at radius 2 is 2.10 bits per heavy atom. The van der Waals surface area contributed by atoms with Gasteiger partial charge in [0.05, 0.1) is 30.4 Å². The van der Waals surface area contributed by atoms with Gasteiger partial charge in [-0.3, -0.25) is 9.89 Å². The lowest BCUT2D eigenvalue weighted by atomic mass is 10.1. The second-order valence-electron chi connectivity index (χ2n) is 5.14. The van der Waals surface area contributed by atoms with Gasteiger partial charge in [0, 0.05) is 11.6 Å². The molecule has 0 saturated carbocycles. The van der Waals surface area contributed by atoms with Crippen LogP contribution in [0, 0.1) is 0 Å². The van der Waals surface area contributed by atoms with Crippen molar-refractivity contribution in [2.24, 2.45) is 0 Å². The number of aromatic nitrogens is 2. The van der Waals surface area contributed by atoms with Crippen molar-refractivity contribution < 1.29 is 13.2 Å². The average Bonchev–Trinajstić information content (AvgIpc) is 3.01. The molecule has 0 bridgehead atoms. The highest BCUT2D eigenvalue weighted by atomic mass is 32.2. The van der Waals surface area contributed by atoms with E-state index in [4.69, 9.17) is 4.74 Å². The highest BCUT2D eigenvalue weighted by molar-refractivity contribution is 7.91. The lowest BCUT2D eigenvalue weighted by molar-refractivity contribution is 0.416. The van der Waals surface area contributed by atoms with Crippen LogP contribution in [0.2, 0.25) is 0 Å². The number of ether oxygens (including phenoxy) is 1. The molecule has 1 saturated heterocycles. The van der Waals surface area contributed by atoms with Crippen LogP contribution in [0.4, 0.5) is 0 Å². The van der Waals surface area contributed by atoms with Gasteiger partial charge in [-0.1, -0.05) is 12.1 Å². The van der Waals surface area contributed by atoms with Crippen LogP contribution < -0.4 is 10.3 Å². The average molecular weight is 308 g/mol. The zero-order chi connectivity index (χ0) is 15.0. The van der Waals surface area contributed by atoms with Crippen LogP contribution in [0.5, 0.6) is 5.75 Å². The van der Waals surface area contributed by atoms with Gasteiger partial charge in [0.2, 0.25) is 0 Å². The molecular formula is C14H16N2O4S. The highest BCUT2D eigenvalue weighted by Crippen LogP contribution is 2.28. The number of hydrogen-bond donors (Lipinski definition) is 1. The van der Waals surface area contributed by atoms with E-state index in [2.05, 4.69) is 5.10 Å². The number of nitrogens with one attached hydrogen (secondary N) is 1. The van der Waals surface area contributed by atoms with E-state index in [1.807, 2.05) is 24.3 Å². The summed E-state index contributed by atoms with van der Waals surface area (Å²) in [4.78, 5) is 12.1. The summed E-state index contributed by atoms with van der Waals surface area (Å²) >= 11 is 0. The van der Waals surface area contributed by atoms with E-state index in [0.717, 1.165) is 5.56 Å². The number of sulfone groups is 1. The first kappa shape index (κ1) is 13.9. The molecular weight excluding hydrogens is 292 g/mol. The van der Waals surface area contributed by atoms with Gasteiger partial charge in [0.25, 0.3) is 5.56 Å². The molecule has 1 aromatic carbocycles. The normalized spacial score (nSPS) is 20.5. The molecule has 0 spiro atoms. The van der Waals surface area contributed by atoms with E-state index in [9.17, 15) is 13.2 Å². The van der Waals surface area contributed by atoms with Crippen molar-refractivity contribution in [2.75, 3.05) is 18.6 Å². The van der Waals surface area contributed by atoms with Crippen molar-refractivity contribution in [1.29, 1.82) is 0 Å². The van der Waals surface area contributed by atoms with Crippen LogP contribution in [0.1, 0.15) is 12.5 Å². The third kappa shape index (κ3) is 2.61. The maximum absolute atomic E-state index is 12.1. The standard InChI is InChI=1S/C14H16N2O4S/c1-20-13-5-3-2-4-11(13)12-8-14(17)16(15-12)10-6-7-21(18,19)9-10/h2-5,8,10,15H,6-7,9H2,1H3/t10-/m1/s1. The van der Waals surface area contributed by atoms with Gasteiger partial charge in [-0.05, 0) is 18.6 Å². The molecule has 0 amide bonds. The molecule has 1 N–H and O–H groups in total. The Morgan fingerprint density at radius 1 is 1.33 bits per heavy atom. The van der Waals surface area contributed by atoms with E-state index in [1.165, 1.54) is 10.7 Å². The van der Waals surface area contributed by atoms with Crippen LogP contribution in [0.3, 0.4) is 0 Å². The topological polar surface area (TPSA) is 81.2 Å². The Kier molecular flexibility index (Phi) is 3.36. The molecule has 3 rings (SSSR count). The fourth-order valence-electron chi connectivity index (χ4n) is 2.67. The summed E-state index contributed by atoms with van der Waals surface area (Å²) in [7, 11) is -1.47. The lowest BCUT2D eigenvalue weighted by Gasteiger charge is -2.09. The predicted octanol–water partition coefficient (Wildman–Crippen LogP) is 1.21. The first-order chi connectivity index (χ1) is 10.00. The van der Waals surface area contributed by atoms with Crippen molar-refractivity contribution in [2.45, 2.75) is 12.5 Å². The molecule has 112 valence electrons. The summed E-state index contributed by atoms with van der Waals surface area (Å²) in [5, 5.41) is 3.01. The third-order valence-electron chi connectivity index (χ3n) is 3.72. The van der Waals surface area contributed by atoms with Gasteiger partial charge in [-0.2, -0.15) is 0 Å². The van der Waals surface area contributed by atoms with E-state index in [0.29, 0.717) is 17.9 Å². The number of hydrogen-bond acceptors (Lipinski definition) is 4. The van der Waals surface area contributed by atoms with E-state index >= 15 is 0 Å². The number of methoxy groups -OCH3 is 1. The molecule has 1 atom stereocenters. The maximum atomic E-state index is 12.1. The summed E-state index contributed by atoms with van der Waals surface area (Å²) in [6.07, 6.45) is 0.466. The van der Waals surface area contributed by atoms with E-state index in [1.54, 1.807) is 7.11 Å². The Bertz CT molecular complexity index is 819. The van der Waals surface area contributed by atoms with Gasteiger partial charge in [-0.15, -0.1) is 0 Å². The molecule has 1 aromatic heterocycles. The highest BCUT2D eigenvalue weighted by Gasteiger charge is 2.30. The van der Waals surface area contributed by atoms with Crippen LogP contribution in [-0.2, 0) is 9.84 Å². The Morgan fingerprint density at radius 3 is 2.76 bits per heavy atom. The minimum Gasteiger partial charge on any atom is -0.496 e. The Hall–Kier alpha value is -2.02. The van der Waals surface area contributed by atoms with Gasteiger partial charge < -0.3 is 4.74 Å². The molecule has 7 heteroatoms.